The molecule has 4 rings (SSSR count). The molecule has 0 atom stereocenters. The first-order valence-corrected chi connectivity index (χ1v) is 11.8. The molecule has 1 aliphatic heterocycles. The van der Waals surface area contributed by atoms with Crippen molar-refractivity contribution in [1.29, 1.82) is 0 Å². The molecule has 30 heavy (non-hydrogen) atoms. The lowest BCUT2D eigenvalue weighted by atomic mass is 10.1. The number of hydrogen-bond acceptors (Lipinski definition) is 7. The molecule has 2 aliphatic rings. The van der Waals surface area contributed by atoms with Crippen LogP contribution in [0.3, 0.4) is 0 Å². The van der Waals surface area contributed by atoms with Crippen LogP contribution >= 0.6 is 23.6 Å². The van der Waals surface area contributed by atoms with E-state index in [1.165, 1.54) is 11.3 Å². The highest BCUT2D eigenvalue weighted by atomic mass is 32.1. The van der Waals surface area contributed by atoms with Gasteiger partial charge in [-0.1, -0.05) is 23.5 Å². The number of benzene rings is 1. The summed E-state index contributed by atoms with van der Waals surface area (Å²) in [6.07, 6.45) is 4.14. The van der Waals surface area contributed by atoms with E-state index < -0.39 is 0 Å². The van der Waals surface area contributed by atoms with Crippen molar-refractivity contribution in [2.24, 2.45) is 0 Å². The molecule has 1 saturated heterocycles. The van der Waals surface area contributed by atoms with Gasteiger partial charge in [-0.05, 0) is 57.0 Å². The number of hydrogen-bond donors (Lipinski definition) is 0. The summed E-state index contributed by atoms with van der Waals surface area (Å²) in [5.74, 6) is 1.65. The van der Waals surface area contributed by atoms with E-state index in [1.54, 1.807) is 11.8 Å². The number of piperidine rings is 1. The normalized spacial score (nSPS) is 17.7. The summed E-state index contributed by atoms with van der Waals surface area (Å²) in [4.78, 5) is 16.1. The van der Waals surface area contributed by atoms with E-state index in [0.717, 1.165) is 55.4 Å². The minimum Gasteiger partial charge on any atom is -0.490 e. The monoisotopic (exact) mass is 448 g/mol. The number of likely N-dealkylation sites (tertiary alicyclic amines) is 1. The maximum absolute atomic E-state index is 12.0. The van der Waals surface area contributed by atoms with Gasteiger partial charge < -0.3 is 9.47 Å². The Morgan fingerprint density at radius 3 is 2.57 bits per heavy atom. The van der Waals surface area contributed by atoms with Crippen molar-refractivity contribution in [1.82, 2.24) is 14.7 Å². The first kappa shape index (κ1) is 21.3. The Balaban J connectivity index is 1.33. The topological polar surface area (TPSA) is 59.8 Å². The number of carbonyl (C=O) groups is 1. The summed E-state index contributed by atoms with van der Waals surface area (Å²) < 4.78 is 14.4. The molecule has 9 heteroatoms. The molecule has 1 aromatic carbocycles. The van der Waals surface area contributed by atoms with Crippen LogP contribution in [0.15, 0.2) is 24.3 Å². The Labute approximate surface area is 186 Å². The van der Waals surface area contributed by atoms with Gasteiger partial charge in [-0.2, -0.15) is 0 Å². The molecule has 0 N–H and O–H groups in total. The van der Waals surface area contributed by atoms with E-state index in [9.17, 15) is 4.79 Å². The molecule has 2 fully saturated rings. The summed E-state index contributed by atoms with van der Waals surface area (Å²) in [5, 5.41) is 5.38. The number of rotatable bonds is 8. The van der Waals surface area contributed by atoms with Crippen LogP contribution in [0, 0.1) is 3.95 Å². The van der Waals surface area contributed by atoms with Gasteiger partial charge in [0.25, 0.3) is 0 Å². The van der Waals surface area contributed by atoms with Gasteiger partial charge in [0.1, 0.15) is 6.10 Å². The van der Waals surface area contributed by atoms with Crippen molar-refractivity contribution in [3.63, 3.8) is 0 Å². The minimum absolute atomic E-state index is 0.0405. The van der Waals surface area contributed by atoms with Crippen molar-refractivity contribution in [3.05, 3.63) is 28.2 Å². The second kappa shape index (κ2) is 9.45. The van der Waals surface area contributed by atoms with E-state index in [1.807, 2.05) is 35.9 Å². The smallest absolute Gasteiger partial charge is 0.225 e. The van der Waals surface area contributed by atoms with Crippen molar-refractivity contribution < 1.29 is 14.3 Å². The highest BCUT2D eigenvalue weighted by molar-refractivity contribution is 7.73. The van der Waals surface area contributed by atoms with Crippen LogP contribution in [-0.4, -0.2) is 52.4 Å². The second-order valence-electron chi connectivity index (χ2n) is 7.73. The minimum atomic E-state index is 0.0405. The zero-order chi connectivity index (χ0) is 21.1. The molecule has 0 unspecified atom stereocenters. The van der Waals surface area contributed by atoms with E-state index in [2.05, 4.69) is 10.00 Å². The molecule has 2 aromatic rings. The van der Waals surface area contributed by atoms with Gasteiger partial charge in [-0.25, -0.2) is 4.68 Å². The van der Waals surface area contributed by atoms with Gasteiger partial charge in [0, 0.05) is 26.1 Å². The third-order valence-electron chi connectivity index (χ3n) is 5.36. The number of anilines is 1. The standard InChI is InChI=1S/C21H28N4O3S2/c1-3-27-18-6-4-5-7-19(18)28-17-10-12-23(13-11-17)14-24-21(29)30-20(22-24)25(15(2)26)16-8-9-16/h4-7,16-17H,3,8-14H2,1-2H3. The largest absolute Gasteiger partial charge is 0.490 e. The average Bonchev–Trinajstić information content (AvgIpc) is 3.48. The van der Waals surface area contributed by atoms with E-state index in [4.69, 9.17) is 21.7 Å². The van der Waals surface area contributed by atoms with Gasteiger partial charge in [-0.3, -0.25) is 14.6 Å². The van der Waals surface area contributed by atoms with Crippen molar-refractivity contribution >= 4 is 34.6 Å². The Morgan fingerprint density at radius 1 is 1.23 bits per heavy atom. The zero-order valence-corrected chi connectivity index (χ0v) is 19.1. The SMILES string of the molecule is CCOc1ccccc1OC1CCN(Cn2nc(N(C(C)=O)C3CC3)sc2=S)CC1. The van der Waals surface area contributed by atoms with Crippen molar-refractivity contribution in [2.45, 2.75) is 58.3 Å². The molecule has 0 spiro atoms. The third kappa shape index (κ3) is 5.01. The molecule has 0 bridgehead atoms. The zero-order valence-electron chi connectivity index (χ0n) is 17.5. The lowest BCUT2D eigenvalue weighted by Gasteiger charge is -2.32. The molecule has 1 saturated carbocycles. The predicted octanol–water partition coefficient (Wildman–Crippen LogP) is 4.09. The molecular formula is C21H28N4O3S2. The number of aromatic nitrogens is 2. The first-order chi connectivity index (χ1) is 14.5. The van der Waals surface area contributed by atoms with Crippen LogP contribution < -0.4 is 14.4 Å². The number of amides is 1. The Morgan fingerprint density at radius 2 is 1.93 bits per heavy atom. The molecule has 2 heterocycles. The molecule has 162 valence electrons. The number of nitrogens with zero attached hydrogens (tertiary/aromatic N) is 4. The van der Waals surface area contributed by atoms with Gasteiger partial charge >= 0.3 is 0 Å². The molecule has 7 nitrogen and oxygen atoms in total. The molecule has 0 radical (unpaired) electrons. The number of ether oxygens (including phenoxy) is 2. The lowest BCUT2D eigenvalue weighted by Crippen LogP contribution is -2.39. The molecule has 1 aliphatic carbocycles. The summed E-state index contributed by atoms with van der Waals surface area (Å²) in [7, 11) is 0. The van der Waals surface area contributed by atoms with Gasteiger partial charge in [0.15, 0.2) is 15.5 Å². The fraction of sp³-hybridized carbons (Fsp3) is 0.571. The fourth-order valence-electron chi connectivity index (χ4n) is 3.72. The predicted molar refractivity (Wildman–Crippen MR) is 120 cm³/mol. The Kier molecular flexibility index (Phi) is 6.70. The van der Waals surface area contributed by atoms with Crippen LogP contribution in [0.5, 0.6) is 11.5 Å². The average molecular weight is 449 g/mol. The van der Waals surface area contributed by atoms with Crippen LogP contribution in [0.2, 0.25) is 0 Å². The second-order valence-corrected chi connectivity index (χ2v) is 9.33. The summed E-state index contributed by atoms with van der Waals surface area (Å²) in [6.45, 7) is 6.67. The molecule has 1 aromatic heterocycles. The number of carbonyl (C=O) groups excluding carboxylic acids is 1. The fourth-order valence-corrected chi connectivity index (χ4v) is 4.92. The van der Waals surface area contributed by atoms with E-state index in [0.29, 0.717) is 23.3 Å². The van der Waals surface area contributed by atoms with Crippen LogP contribution in [0.4, 0.5) is 5.13 Å². The van der Waals surface area contributed by atoms with Gasteiger partial charge in [-0.15, -0.1) is 5.10 Å². The van der Waals surface area contributed by atoms with Gasteiger partial charge in [0.2, 0.25) is 11.0 Å². The molecule has 1 amide bonds. The van der Waals surface area contributed by atoms with Crippen molar-refractivity contribution in [2.75, 3.05) is 24.6 Å². The van der Waals surface area contributed by atoms with Gasteiger partial charge in [0.05, 0.1) is 13.3 Å². The summed E-state index contributed by atoms with van der Waals surface area (Å²) in [5.41, 5.74) is 0. The van der Waals surface area contributed by atoms with Crippen LogP contribution in [0.25, 0.3) is 0 Å². The van der Waals surface area contributed by atoms with E-state index >= 15 is 0 Å². The quantitative estimate of drug-likeness (QED) is 0.567. The van der Waals surface area contributed by atoms with Crippen molar-refractivity contribution in [3.8, 4) is 11.5 Å². The van der Waals surface area contributed by atoms with Crippen LogP contribution in [0.1, 0.15) is 39.5 Å². The summed E-state index contributed by atoms with van der Waals surface area (Å²) >= 11 is 6.94. The highest BCUT2D eigenvalue weighted by Crippen LogP contribution is 2.33. The Bertz CT molecular complexity index is 932. The summed E-state index contributed by atoms with van der Waals surface area (Å²) in [6, 6.07) is 8.14. The number of para-hydroxylation sites is 2. The maximum Gasteiger partial charge on any atom is 0.225 e. The third-order valence-corrected chi connectivity index (χ3v) is 6.67. The lowest BCUT2D eigenvalue weighted by molar-refractivity contribution is -0.116. The Hall–Kier alpha value is -1.97. The van der Waals surface area contributed by atoms with Crippen LogP contribution in [-0.2, 0) is 11.5 Å². The first-order valence-electron chi connectivity index (χ1n) is 10.5. The highest BCUT2D eigenvalue weighted by Gasteiger charge is 2.34. The maximum atomic E-state index is 12.0. The van der Waals surface area contributed by atoms with E-state index in [-0.39, 0.29) is 12.0 Å². The molecular weight excluding hydrogens is 420 g/mol.